The van der Waals surface area contributed by atoms with Crippen LogP contribution >= 0.6 is 0 Å². The smallest absolute Gasteiger partial charge is 0.255 e. The average molecular weight is 397 g/mol. The Morgan fingerprint density at radius 3 is 2.40 bits per heavy atom. The van der Waals surface area contributed by atoms with Gasteiger partial charge in [-0.15, -0.1) is 0 Å². The van der Waals surface area contributed by atoms with Gasteiger partial charge in [0.1, 0.15) is 0 Å². The topological polar surface area (TPSA) is 54.3 Å². The summed E-state index contributed by atoms with van der Waals surface area (Å²) in [5.74, 6) is 1.01. The number of piperazine rings is 1. The van der Waals surface area contributed by atoms with Crippen LogP contribution in [0.15, 0.2) is 79.1 Å². The monoisotopic (exact) mass is 397 g/mol. The first-order valence-electron chi connectivity index (χ1n) is 10.2. The van der Waals surface area contributed by atoms with Crippen LogP contribution in [0.3, 0.4) is 0 Å². The number of pyridine rings is 1. The minimum Gasteiger partial charge on any atom is -0.339 e. The summed E-state index contributed by atoms with van der Waals surface area (Å²) in [6.07, 6.45) is 3.32. The highest BCUT2D eigenvalue weighted by Crippen LogP contribution is 2.25. The fraction of sp³-hybridized carbons (Fsp3) is 0.208. The van der Waals surface area contributed by atoms with E-state index >= 15 is 0 Å². The zero-order valence-electron chi connectivity index (χ0n) is 16.7. The van der Waals surface area contributed by atoms with Crippen molar-refractivity contribution in [2.24, 2.45) is 0 Å². The Labute approximate surface area is 175 Å². The van der Waals surface area contributed by atoms with E-state index in [2.05, 4.69) is 56.9 Å². The van der Waals surface area contributed by atoms with Crippen LogP contribution in [0.5, 0.6) is 0 Å². The summed E-state index contributed by atoms with van der Waals surface area (Å²) in [5.41, 5.74) is 4.01. The number of amides is 1. The second kappa shape index (κ2) is 7.99. The summed E-state index contributed by atoms with van der Waals surface area (Å²) in [5, 5.41) is 0. The number of anilines is 1. The number of hydrogen-bond acceptors (Lipinski definition) is 4. The van der Waals surface area contributed by atoms with Crippen molar-refractivity contribution in [2.45, 2.75) is 6.54 Å². The third-order valence-electron chi connectivity index (χ3n) is 5.58. The summed E-state index contributed by atoms with van der Waals surface area (Å²) in [6, 6.07) is 22.3. The van der Waals surface area contributed by atoms with Crippen molar-refractivity contribution in [1.29, 1.82) is 0 Å². The Bertz CT molecular complexity index is 1150. The molecule has 1 aliphatic heterocycles. The molecule has 150 valence electrons. The molecule has 0 unspecified atom stereocenters. The van der Waals surface area contributed by atoms with Gasteiger partial charge >= 0.3 is 0 Å². The largest absolute Gasteiger partial charge is 0.339 e. The van der Waals surface area contributed by atoms with Crippen LogP contribution in [0.25, 0.3) is 11.0 Å². The molecule has 1 saturated heterocycles. The summed E-state index contributed by atoms with van der Waals surface area (Å²) in [4.78, 5) is 25.9. The number of aromatic nitrogens is 3. The van der Waals surface area contributed by atoms with Crippen molar-refractivity contribution >= 4 is 22.9 Å². The van der Waals surface area contributed by atoms with Crippen LogP contribution in [0.2, 0.25) is 0 Å². The maximum Gasteiger partial charge on any atom is 0.255 e. The van der Waals surface area contributed by atoms with E-state index in [0.717, 1.165) is 36.6 Å². The molecule has 6 nitrogen and oxygen atoms in total. The lowest BCUT2D eigenvalue weighted by Gasteiger charge is -2.35. The molecule has 5 rings (SSSR count). The Hall–Kier alpha value is -3.67. The molecule has 1 fully saturated rings. The van der Waals surface area contributed by atoms with Gasteiger partial charge in [-0.3, -0.25) is 9.78 Å². The highest BCUT2D eigenvalue weighted by molar-refractivity contribution is 5.94. The van der Waals surface area contributed by atoms with E-state index in [0.29, 0.717) is 18.7 Å². The van der Waals surface area contributed by atoms with E-state index in [4.69, 9.17) is 4.98 Å². The van der Waals surface area contributed by atoms with Crippen molar-refractivity contribution in [1.82, 2.24) is 19.4 Å². The molecular formula is C24H23N5O. The maximum absolute atomic E-state index is 12.7. The van der Waals surface area contributed by atoms with Crippen molar-refractivity contribution in [3.05, 3.63) is 90.3 Å². The number of benzene rings is 2. The van der Waals surface area contributed by atoms with Crippen LogP contribution in [0.1, 0.15) is 15.9 Å². The normalized spacial score (nSPS) is 14.3. The van der Waals surface area contributed by atoms with Gasteiger partial charge in [0.15, 0.2) is 0 Å². The number of rotatable bonds is 4. The molecule has 0 saturated carbocycles. The summed E-state index contributed by atoms with van der Waals surface area (Å²) < 4.78 is 2.28. The molecule has 2 aromatic carbocycles. The summed E-state index contributed by atoms with van der Waals surface area (Å²) >= 11 is 0. The van der Waals surface area contributed by atoms with Crippen LogP contribution in [0, 0.1) is 0 Å². The predicted octanol–water partition coefficient (Wildman–Crippen LogP) is 3.44. The summed E-state index contributed by atoms with van der Waals surface area (Å²) in [6.45, 7) is 3.62. The molecule has 1 aliphatic rings. The number of carbonyl (C=O) groups excluding carboxylic acids is 1. The Balaban J connectivity index is 1.39. The molecule has 0 N–H and O–H groups in total. The van der Waals surface area contributed by atoms with Gasteiger partial charge in [0.25, 0.3) is 5.91 Å². The van der Waals surface area contributed by atoms with Gasteiger partial charge in [0.05, 0.1) is 23.1 Å². The standard InChI is InChI=1S/C24H23N5O/c30-23(20-9-6-12-25-17-20)27-13-15-28(16-14-27)24-26-21-10-4-5-11-22(21)29(24)18-19-7-2-1-3-8-19/h1-12,17H,13-16,18H2. The zero-order valence-corrected chi connectivity index (χ0v) is 16.7. The van der Waals surface area contributed by atoms with Crippen LogP contribution in [-0.4, -0.2) is 51.5 Å². The van der Waals surface area contributed by atoms with Gasteiger partial charge in [-0.2, -0.15) is 0 Å². The van der Waals surface area contributed by atoms with E-state index in [1.54, 1.807) is 18.5 Å². The molecule has 0 spiro atoms. The lowest BCUT2D eigenvalue weighted by Crippen LogP contribution is -2.49. The van der Waals surface area contributed by atoms with E-state index in [1.807, 2.05) is 23.1 Å². The molecule has 0 atom stereocenters. The maximum atomic E-state index is 12.7. The fourth-order valence-corrected chi connectivity index (χ4v) is 4.01. The number of imidazole rings is 1. The van der Waals surface area contributed by atoms with Gasteiger partial charge in [0, 0.05) is 38.6 Å². The molecular weight excluding hydrogens is 374 g/mol. The van der Waals surface area contributed by atoms with Crippen molar-refractivity contribution in [2.75, 3.05) is 31.1 Å². The number of fused-ring (bicyclic) bond motifs is 1. The van der Waals surface area contributed by atoms with Crippen LogP contribution < -0.4 is 4.90 Å². The fourth-order valence-electron chi connectivity index (χ4n) is 4.01. The number of carbonyl (C=O) groups is 1. The van der Waals surface area contributed by atoms with Gasteiger partial charge in [-0.25, -0.2) is 4.98 Å². The number of para-hydroxylation sites is 2. The van der Waals surface area contributed by atoms with Crippen molar-refractivity contribution in [3.63, 3.8) is 0 Å². The Morgan fingerprint density at radius 1 is 0.867 bits per heavy atom. The molecule has 30 heavy (non-hydrogen) atoms. The average Bonchev–Trinajstić information content (AvgIpc) is 3.18. The van der Waals surface area contributed by atoms with Gasteiger partial charge in [0.2, 0.25) is 5.95 Å². The first-order valence-corrected chi connectivity index (χ1v) is 10.2. The molecule has 3 heterocycles. The van der Waals surface area contributed by atoms with E-state index < -0.39 is 0 Å². The lowest BCUT2D eigenvalue weighted by atomic mass is 10.2. The van der Waals surface area contributed by atoms with E-state index in [9.17, 15) is 4.79 Å². The highest BCUT2D eigenvalue weighted by atomic mass is 16.2. The van der Waals surface area contributed by atoms with Crippen molar-refractivity contribution in [3.8, 4) is 0 Å². The zero-order chi connectivity index (χ0) is 20.3. The summed E-state index contributed by atoms with van der Waals surface area (Å²) in [7, 11) is 0. The molecule has 0 radical (unpaired) electrons. The molecule has 0 aliphatic carbocycles. The van der Waals surface area contributed by atoms with Crippen LogP contribution in [0.4, 0.5) is 5.95 Å². The van der Waals surface area contributed by atoms with Gasteiger partial charge < -0.3 is 14.4 Å². The first-order chi connectivity index (χ1) is 14.8. The second-order valence-corrected chi connectivity index (χ2v) is 7.49. The lowest BCUT2D eigenvalue weighted by molar-refractivity contribution is 0.0745. The molecule has 2 aromatic heterocycles. The van der Waals surface area contributed by atoms with E-state index in [1.165, 1.54) is 5.56 Å². The minimum absolute atomic E-state index is 0.0422. The van der Waals surface area contributed by atoms with Crippen LogP contribution in [-0.2, 0) is 6.54 Å². The minimum atomic E-state index is 0.0422. The quantitative estimate of drug-likeness (QED) is 0.529. The second-order valence-electron chi connectivity index (χ2n) is 7.49. The third-order valence-corrected chi connectivity index (χ3v) is 5.58. The predicted molar refractivity (Wildman–Crippen MR) is 118 cm³/mol. The first kappa shape index (κ1) is 18.4. The third kappa shape index (κ3) is 3.52. The molecule has 0 bridgehead atoms. The number of nitrogens with zero attached hydrogens (tertiary/aromatic N) is 5. The Kier molecular flexibility index (Phi) is 4.89. The highest BCUT2D eigenvalue weighted by Gasteiger charge is 2.25. The SMILES string of the molecule is O=C(c1cccnc1)N1CCN(c2nc3ccccc3n2Cc2ccccc2)CC1. The van der Waals surface area contributed by atoms with Gasteiger partial charge in [-0.1, -0.05) is 42.5 Å². The Morgan fingerprint density at radius 2 is 1.63 bits per heavy atom. The number of hydrogen-bond donors (Lipinski definition) is 0. The van der Waals surface area contributed by atoms with Gasteiger partial charge in [-0.05, 0) is 29.8 Å². The van der Waals surface area contributed by atoms with Crippen molar-refractivity contribution < 1.29 is 4.79 Å². The molecule has 4 aromatic rings. The van der Waals surface area contributed by atoms with E-state index in [-0.39, 0.29) is 5.91 Å². The molecule has 1 amide bonds. The molecule has 6 heteroatoms.